The quantitative estimate of drug-likeness (QED) is 0.153. The number of benzene rings is 1. The van der Waals surface area contributed by atoms with E-state index in [4.69, 9.17) is 9.47 Å². The lowest BCUT2D eigenvalue weighted by atomic mass is 9.83. The van der Waals surface area contributed by atoms with Gasteiger partial charge in [-0.05, 0) is 57.2 Å². The lowest BCUT2D eigenvalue weighted by Gasteiger charge is -2.41. The molecule has 0 aliphatic carbocycles. The third kappa shape index (κ3) is 12.9. The Morgan fingerprint density at radius 1 is 0.911 bits per heavy atom. The van der Waals surface area contributed by atoms with Gasteiger partial charge in [0.1, 0.15) is 11.7 Å². The number of methoxy groups -OCH3 is 2. The number of aryl methyl sites for hydroxylation is 1. The molecule has 0 unspecified atom stereocenters. The number of nitrogens with one attached hydrogen (secondary N) is 1. The molecular weight excluding hydrogens is 711 g/mol. The van der Waals surface area contributed by atoms with E-state index < -0.39 is 48.0 Å². The molecule has 0 bridgehead atoms. The molecule has 12 heteroatoms. The molecule has 12 nitrogen and oxygen atoms in total. The van der Waals surface area contributed by atoms with Gasteiger partial charge in [0.2, 0.25) is 17.7 Å². The standard InChI is InChI=1S/C44H71N5O7/c1-14-30(7)41(48(11)44(54)34(27(2)3)23-37(51)40(28(4)5)47(9)10)38(55-12)24-39(52)49-21-15-16-35(49)42(56-13)31(8)36(50)22-33(25-45)43(53)46-26-32-19-17-29(6)18-20-32/h17-20,27-28,30-31,33-35,38,40-42H,14-16,21-24,26H2,1-13H3,(H,46,53)/t30-,31-,33-,34-,35-,38+,40-,41-,42+/m0/s1. The zero-order valence-electron chi connectivity index (χ0n) is 36.5. The molecule has 0 spiro atoms. The van der Waals surface area contributed by atoms with Crippen molar-refractivity contribution in [1.29, 1.82) is 5.26 Å². The van der Waals surface area contributed by atoms with E-state index in [0.29, 0.717) is 13.0 Å². The molecule has 1 heterocycles. The molecule has 1 fully saturated rings. The van der Waals surface area contributed by atoms with Crippen LogP contribution in [0.3, 0.4) is 0 Å². The van der Waals surface area contributed by atoms with Crippen molar-refractivity contribution in [2.75, 3.05) is 41.9 Å². The van der Waals surface area contributed by atoms with Gasteiger partial charge in [0.05, 0.1) is 42.8 Å². The number of ketones is 2. The number of carbonyl (C=O) groups excluding carboxylic acids is 5. The average molecular weight is 782 g/mol. The largest absolute Gasteiger partial charge is 0.379 e. The summed E-state index contributed by atoms with van der Waals surface area (Å²) in [6.45, 7) is 16.5. The average Bonchev–Trinajstić information content (AvgIpc) is 3.64. The number of hydrogen-bond acceptors (Lipinski definition) is 9. The summed E-state index contributed by atoms with van der Waals surface area (Å²) in [5.74, 6) is -3.45. The number of hydrogen-bond donors (Lipinski definition) is 1. The molecule has 2 rings (SSSR count). The summed E-state index contributed by atoms with van der Waals surface area (Å²) in [5, 5.41) is 12.6. The van der Waals surface area contributed by atoms with Crippen molar-refractivity contribution in [2.45, 2.75) is 131 Å². The van der Waals surface area contributed by atoms with Gasteiger partial charge in [-0.1, -0.05) is 84.7 Å². The molecule has 9 atom stereocenters. The maximum absolute atomic E-state index is 14.3. The molecule has 1 aromatic carbocycles. The first-order valence-corrected chi connectivity index (χ1v) is 20.4. The van der Waals surface area contributed by atoms with Crippen LogP contribution in [-0.4, -0.2) is 116 Å². The number of likely N-dealkylation sites (tertiary alicyclic amines) is 1. The third-order valence-corrected chi connectivity index (χ3v) is 11.9. The lowest BCUT2D eigenvalue weighted by molar-refractivity contribution is -0.149. The van der Waals surface area contributed by atoms with Crippen LogP contribution in [0.15, 0.2) is 24.3 Å². The van der Waals surface area contributed by atoms with Gasteiger partial charge in [0, 0.05) is 59.0 Å². The second-order valence-corrected chi connectivity index (χ2v) is 16.8. The Hall–Kier alpha value is -3.66. The predicted octanol–water partition coefficient (Wildman–Crippen LogP) is 5.45. The van der Waals surface area contributed by atoms with E-state index in [0.717, 1.165) is 24.0 Å². The van der Waals surface area contributed by atoms with E-state index in [9.17, 15) is 29.2 Å². The van der Waals surface area contributed by atoms with Crippen LogP contribution in [0.1, 0.15) is 98.1 Å². The van der Waals surface area contributed by atoms with Crippen molar-refractivity contribution in [3.63, 3.8) is 0 Å². The Bertz CT molecular complexity index is 1480. The molecule has 0 radical (unpaired) electrons. The molecule has 1 aliphatic rings. The van der Waals surface area contributed by atoms with Crippen molar-refractivity contribution in [1.82, 2.24) is 20.0 Å². The van der Waals surface area contributed by atoms with Gasteiger partial charge in [-0.3, -0.25) is 28.9 Å². The van der Waals surface area contributed by atoms with E-state index >= 15 is 0 Å². The van der Waals surface area contributed by atoms with Crippen molar-refractivity contribution >= 4 is 29.3 Å². The zero-order valence-corrected chi connectivity index (χ0v) is 36.5. The minimum absolute atomic E-state index is 0.0113. The fraction of sp³-hybridized carbons (Fsp3) is 0.727. The van der Waals surface area contributed by atoms with Crippen molar-refractivity contribution in [3.05, 3.63) is 35.4 Å². The second kappa shape index (κ2) is 22.9. The Morgan fingerprint density at radius 2 is 1.54 bits per heavy atom. The Morgan fingerprint density at radius 3 is 2.04 bits per heavy atom. The molecule has 3 amide bonds. The second-order valence-electron chi connectivity index (χ2n) is 16.8. The first-order chi connectivity index (χ1) is 26.3. The van der Waals surface area contributed by atoms with Crippen molar-refractivity contribution in [3.8, 4) is 6.07 Å². The fourth-order valence-corrected chi connectivity index (χ4v) is 8.41. The van der Waals surface area contributed by atoms with E-state index in [1.54, 1.807) is 30.9 Å². The number of rotatable bonds is 23. The van der Waals surface area contributed by atoms with Crippen LogP contribution in [0.5, 0.6) is 0 Å². The van der Waals surface area contributed by atoms with Crippen LogP contribution in [0.4, 0.5) is 0 Å². The third-order valence-electron chi connectivity index (χ3n) is 11.9. The van der Waals surface area contributed by atoms with E-state index in [1.807, 2.05) is 97.8 Å². The van der Waals surface area contributed by atoms with Crippen LogP contribution < -0.4 is 5.32 Å². The normalized spacial score (nSPS) is 18.8. The lowest BCUT2D eigenvalue weighted by Crippen LogP contribution is -2.54. The molecule has 1 N–H and O–H groups in total. The van der Waals surface area contributed by atoms with Crippen LogP contribution >= 0.6 is 0 Å². The summed E-state index contributed by atoms with van der Waals surface area (Å²) < 4.78 is 11.9. The fourth-order valence-electron chi connectivity index (χ4n) is 8.41. The highest BCUT2D eigenvalue weighted by Crippen LogP contribution is 2.31. The monoisotopic (exact) mass is 782 g/mol. The number of nitrogens with zero attached hydrogens (tertiary/aromatic N) is 4. The zero-order chi connectivity index (χ0) is 42.4. The first kappa shape index (κ1) is 48.5. The van der Waals surface area contributed by atoms with Gasteiger partial charge in [0.15, 0.2) is 5.78 Å². The Balaban J connectivity index is 2.23. The predicted molar refractivity (Wildman–Crippen MR) is 218 cm³/mol. The number of nitriles is 1. The molecule has 1 aliphatic heterocycles. The van der Waals surface area contributed by atoms with E-state index in [-0.39, 0.29) is 73.0 Å². The molecule has 314 valence electrons. The molecule has 1 saturated heterocycles. The molecule has 0 aromatic heterocycles. The summed E-state index contributed by atoms with van der Waals surface area (Å²) in [5.41, 5.74) is 1.99. The summed E-state index contributed by atoms with van der Waals surface area (Å²) >= 11 is 0. The summed E-state index contributed by atoms with van der Waals surface area (Å²) in [6, 6.07) is 8.55. The maximum atomic E-state index is 14.3. The van der Waals surface area contributed by atoms with Crippen molar-refractivity contribution < 1.29 is 33.4 Å². The minimum atomic E-state index is -1.16. The van der Waals surface area contributed by atoms with E-state index in [2.05, 4.69) is 5.32 Å². The van der Waals surface area contributed by atoms with Crippen LogP contribution in [0.25, 0.3) is 0 Å². The number of Topliss-reactive ketones (excluding diaryl/α,β-unsaturated/α-hetero) is 2. The number of ether oxygens (including phenoxy) is 2. The number of carbonyl (C=O) groups is 5. The van der Waals surface area contributed by atoms with Crippen LogP contribution in [0.2, 0.25) is 0 Å². The highest BCUT2D eigenvalue weighted by molar-refractivity contribution is 5.91. The first-order valence-electron chi connectivity index (χ1n) is 20.4. The maximum Gasteiger partial charge on any atom is 0.238 e. The van der Waals surface area contributed by atoms with Gasteiger partial charge in [0.25, 0.3) is 0 Å². The van der Waals surface area contributed by atoms with Gasteiger partial charge >= 0.3 is 0 Å². The molecule has 1 aromatic rings. The van der Waals surface area contributed by atoms with Crippen LogP contribution in [-0.2, 0) is 40.0 Å². The highest BCUT2D eigenvalue weighted by atomic mass is 16.5. The van der Waals surface area contributed by atoms with Gasteiger partial charge < -0.3 is 24.6 Å². The van der Waals surface area contributed by atoms with Gasteiger partial charge in [-0.25, -0.2) is 0 Å². The molecular formula is C44H71N5O7. The molecule has 56 heavy (non-hydrogen) atoms. The SMILES string of the molecule is CC[C@H](C)[C@@H]([C@@H](CC(=O)N1CCC[C@H]1[C@H](OC)[C@@H](C)C(=O)C[C@@H](C#N)C(=O)NCc1ccc(C)cc1)OC)N(C)C(=O)[C@@H](CC(=O)[C@H](C(C)C)N(C)C)C(C)C. The number of likely N-dealkylation sites (N-methyl/N-ethyl adjacent to an activating group) is 2. The topological polar surface area (TPSA) is 149 Å². The summed E-state index contributed by atoms with van der Waals surface area (Å²) in [7, 11) is 8.60. The highest BCUT2D eigenvalue weighted by Gasteiger charge is 2.43. The summed E-state index contributed by atoms with van der Waals surface area (Å²) in [4.78, 5) is 74.0. The molecule has 0 saturated carbocycles. The van der Waals surface area contributed by atoms with E-state index in [1.165, 1.54) is 7.11 Å². The van der Waals surface area contributed by atoms with Crippen molar-refractivity contribution in [2.24, 2.45) is 35.5 Å². The summed E-state index contributed by atoms with van der Waals surface area (Å²) in [6.07, 6.45) is 0.677. The Labute approximate surface area is 337 Å². The van der Waals surface area contributed by atoms with Crippen LogP contribution in [0, 0.1) is 53.8 Å². The van der Waals surface area contributed by atoms with Gasteiger partial charge in [-0.2, -0.15) is 5.26 Å². The smallest absolute Gasteiger partial charge is 0.238 e. The van der Waals surface area contributed by atoms with Gasteiger partial charge in [-0.15, -0.1) is 0 Å². The Kier molecular flexibility index (Phi) is 19.8. The number of amides is 3. The minimum Gasteiger partial charge on any atom is -0.379 e.